The predicted molar refractivity (Wildman–Crippen MR) is 309 cm³/mol. The maximum atomic E-state index is 6.91. The zero-order valence-electron chi connectivity index (χ0n) is 40.3. The summed E-state index contributed by atoms with van der Waals surface area (Å²) in [4.78, 5) is 4.75. The van der Waals surface area contributed by atoms with E-state index in [2.05, 4.69) is 271 Å². The van der Waals surface area contributed by atoms with Gasteiger partial charge in [-0.1, -0.05) is 194 Å². The van der Waals surface area contributed by atoms with E-state index in [0.717, 1.165) is 83.4 Å². The summed E-state index contributed by atoms with van der Waals surface area (Å²) in [6, 6.07) is 88.1. The summed E-state index contributed by atoms with van der Waals surface area (Å²) in [5.74, 6) is 1.08. The van der Waals surface area contributed by atoms with E-state index in [1.807, 2.05) is 6.07 Å². The van der Waals surface area contributed by atoms with Crippen molar-refractivity contribution in [3.63, 3.8) is 0 Å². The molecule has 2 aliphatic rings. The molecule has 74 heavy (non-hydrogen) atoms. The first-order valence-electron chi connectivity index (χ1n) is 25.5. The van der Waals surface area contributed by atoms with E-state index in [-0.39, 0.29) is 12.0 Å². The average molecular weight is 947 g/mol. The van der Waals surface area contributed by atoms with E-state index in [4.69, 9.17) is 9.15 Å². The lowest BCUT2D eigenvalue weighted by Crippen LogP contribution is -2.16. The highest BCUT2D eigenvalue weighted by Crippen LogP contribution is 2.54. The largest absolute Gasteiger partial charge is 0.483 e. The molecule has 0 bridgehead atoms. The Labute approximate surface area is 428 Å². The van der Waals surface area contributed by atoms with Gasteiger partial charge in [-0.05, 0) is 138 Å². The van der Waals surface area contributed by atoms with Crippen molar-refractivity contribution >= 4 is 99.2 Å². The molecule has 4 heteroatoms. The van der Waals surface area contributed by atoms with Crippen molar-refractivity contribution in [3.05, 3.63) is 273 Å². The van der Waals surface area contributed by atoms with Gasteiger partial charge < -0.3 is 19.0 Å². The Morgan fingerprint density at radius 2 is 0.838 bits per heavy atom. The van der Waals surface area contributed by atoms with E-state index < -0.39 is 0 Å². The maximum Gasteiger partial charge on any atom is 0.159 e. The van der Waals surface area contributed by atoms with E-state index in [1.54, 1.807) is 0 Å². The van der Waals surface area contributed by atoms with Crippen molar-refractivity contribution in [1.29, 1.82) is 0 Å². The number of anilines is 6. The van der Waals surface area contributed by atoms with Crippen molar-refractivity contribution in [2.45, 2.75) is 12.0 Å². The lowest BCUT2D eigenvalue weighted by Gasteiger charge is -2.29. The topological polar surface area (TPSA) is 28.9 Å². The summed E-state index contributed by atoms with van der Waals surface area (Å²) in [5.41, 5.74) is 13.8. The van der Waals surface area contributed by atoms with Gasteiger partial charge in [0.25, 0.3) is 0 Å². The highest BCUT2D eigenvalue weighted by atomic mass is 16.5. The number of benzene rings is 12. The third-order valence-electron chi connectivity index (χ3n) is 15.3. The molecule has 12 aromatic carbocycles. The highest BCUT2D eigenvalue weighted by Gasteiger charge is 2.35. The molecule has 0 saturated heterocycles. The van der Waals surface area contributed by atoms with Gasteiger partial charge in [0.1, 0.15) is 17.4 Å². The normalized spacial score (nSPS) is 14.8. The Kier molecular flexibility index (Phi) is 9.67. The number of allylic oxidation sites excluding steroid dienone is 2. The minimum atomic E-state index is -0.0488. The Bertz CT molecular complexity index is 4430. The molecule has 1 aliphatic carbocycles. The van der Waals surface area contributed by atoms with Crippen LogP contribution >= 0.6 is 0 Å². The summed E-state index contributed by atoms with van der Waals surface area (Å²) in [6.07, 6.45) is 8.63. The van der Waals surface area contributed by atoms with Gasteiger partial charge in [0, 0.05) is 45.0 Å². The number of rotatable bonds is 8. The molecule has 1 aliphatic heterocycles. The van der Waals surface area contributed by atoms with Crippen LogP contribution in [0.5, 0.6) is 5.75 Å². The summed E-state index contributed by atoms with van der Waals surface area (Å²) in [6.45, 7) is 0. The summed E-state index contributed by atoms with van der Waals surface area (Å²) < 4.78 is 13.7. The molecule has 4 nitrogen and oxygen atoms in total. The van der Waals surface area contributed by atoms with Gasteiger partial charge in [-0.25, -0.2) is 0 Å². The van der Waals surface area contributed by atoms with Crippen LogP contribution < -0.4 is 14.5 Å². The lowest BCUT2D eigenvalue weighted by molar-refractivity contribution is 0.269. The number of nitrogens with zero attached hydrogens (tertiary/aromatic N) is 2. The van der Waals surface area contributed by atoms with Crippen LogP contribution in [0, 0.1) is 0 Å². The Morgan fingerprint density at radius 1 is 0.338 bits per heavy atom. The van der Waals surface area contributed by atoms with Crippen LogP contribution in [-0.4, -0.2) is 6.10 Å². The van der Waals surface area contributed by atoms with E-state index in [1.165, 1.54) is 49.4 Å². The van der Waals surface area contributed by atoms with Crippen molar-refractivity contribution in [2.75, 3.05) is 9.80 Å². The smallest absolute Gasteiger partial charge is 0.159 e. The summed E-state index contributed by atoms with van der Waals surface area (Å²) in [5, 5.41) is 11.6. The molecule has 0 spiro atoms. The molecular formula is C70H46N2O2. The zero-order valence-corrected chi connectivity index (χ0v) is 40.3. The molecule has 13 aromatic rings. The molecular weight excluding hydrogens is 901 g/mol. The second-order valence-electron chi connectivity index (χ2n) is 19.4. The fraction of sp³-hybridized carbons (Fsp3) is 0.0286. The molecule has 348 valence electrons. The molecule has 2 heterocycles. The molecule has 0 fully saturated rings. The average Bonchev–Trinajstić information content (AvgIpc) is 4.08. The van der Waals surface area contributed by atoms with Gasteiger partial charge in [-0.15, -0.1) is 0 Å². The van der Waals surface area contributed by atoms with Gasteiger partial charge in [0.2, 0.25) is 0 Å². The summed E-state index contributed by atoms with van der Waals surface area (Å²) in [7, 11) is 0. The standard InChI is InChI=1S/C70H46N2O2/c1-3-23-47(24-4-1)71(63-35-17-33-59-53-29-11-13-37-65(53)73-69(59)63)49-39-41-57-61(43-49)67(55-31-15-21-45-19-7-9-27-51(45)55)58-42-40-50(44-62(58)68(57)56-32-16-22-46-20-8-10-28-52(46)56)72(48-25-5-2-6-26-48)64-36-18-34-60-54-30-12-14-38-66(54)74-70(60)64/h1-44,53,65H. The van der Waals surface area contributed by atoms with E-state index >= 15 is 0 Å². The Balaban J connectivity index is 1.06. The van der Waals surface area contributed by atoms with Crippen LogP contribution in [0.3, 0.4) is 0 Å². The third kappa shape index (κ3) is 6.62. The lowest BCUT2D eigenvalue weighted by atomic mass is 9.83. The Morgan fingerprint density at radius 3 is 1.49 bits per heavy atom. The number of para-hydroxylation sites is 5. The van der Waals surface area contributed by atoms with Crippen LogP contribution in [0.1, 0.15) is 11.5 Å². The number of ether oxygens (including phenoxy) is 1. The second kappa shape index (κ2) is 17.0. The predicted octanol–water partition coefficient (Wildman–Crippen LogP) is 19.4. The third-order valence-corrected chi connectivity index (χ3v) is 15.3. The molecule has 0 saturated carbocycles. The first-order chi connectivity index (χ1) is 36.7. The number of hydrogen-bond donors (Lipinski definition) is 0. The number of furan rings is 1. The van der Waals surface area contributed by atoms with Crippen LogP contribution in [0.4, 0.5) is 34.1 Å². The molecule has 0 radical (unpaired) electrons. The van der Waals surface area contributed by atoms with Crippen molar-refractivity contribution in [2.24, 2.45) is 0 Å². The highest BCUT2D eigenvalue weighted by molar-refractivity contribution is 6.26. The summed E-state index contributed by atoms with van der Waals surface area (Å²) >= 11 is 0. The van der Waals surface area contributed by atoms with Crippen LogP contribution in [0.25, 0.3) is 87.3 Å². The zero-order chi connectivity index (χ0) is 48.7. The van der Waals surface area contributed by atoms with Gasteiger partial charge >= 0.3 is 0 Å². The van der Waals surface area contributed by atoms with Crippen molar-refractivity contribution in [1.82, 2.24) is 0 Å². The number of hydrogen-bond acceptors (Lipinski definition) is 4. The Hall–Kier alpha value is -9.64. The first kappa shape index (κ1) is 42.1. The molecule has 0 amide bonds. The molecule has 15 rings (SSSR count). The maximum absolute atomic E-state index is 6.91. The second-order valence-corrected chi connectivity index (χ2v) is 19.4. The van der Waals surface area contributed by atoms with Gasteiger partial charge in [0.15, 0.2) is 5.58 Å². The van der Waals surface area contributed by atoms with Crippen LogP contribution in [0.15, 0.2) is 271 Å². The fourth-order valence-electron chi connectivity index (χ4n) is 12.1. The first-order valence-corrected chi connectivity index (χ1v) is 25.5. The van der Waals surface area contributed by atoms with Crippen molar-refractivity contribution in [3.8, 4) is 28.0 Å². The van der Waals surface area contributed by atoms with Gasteiger partial charge in [-0.2, -0.15) is 0 Å². The molecule has 2 atom stereocenters. The minimum Gasteiger partial charge on any atom is -0.483 e. The van der Waals surface area contributed by atoms with E-state index in [0.29, 0.717) is 0 Å². The van der Waals surface area contributed by atoms with Gasteiger partial charge in [0.05, 0.1) is 11.4 Å². The van der Waals surface area contributed by atoms with Crippen LogP contribution in [-0.2, 0) is 0 Å². The minimum absolute atomic E-state index is 0.0488. The van der Waals surface area contributed by atoms with Crippen molar-refractivity contribution < 1.29 is 9.15 Å². The van der Waals surface area contributed by atoms with E-state index in [9.17, 15) is 0 Å². The molecule has 0 N–H and O–H groups in total. The SMILES string of the molecule is C1=CC2Oc3c(cccc3N(c3ccccc3)c3ccc4c(-c5cccc6ccccc56)c5cc(N(c6ccccc6)c6cccc7c6oc6ccccc67)ccc5c(-c5cccc6ccccc56)c4c3)C2C=C1. The van der Waals surface area contributed by atoms with Gasteiger partial charge in [-0.3, -0.25) is 0 Å². The number of fused-ring (bicyclic) bond motifs is 10. The molecule has 1 aromatic heterocycles. The monoisotopic (exact) mass is 946 g/mol. The van der Waals surface area contributed by atoms with Crippen LogP contribution in [0.2, 0.25) is 0 Å². The molecule has 2 unspecified atom stereocenters. The fourth-order valence-corrected chi connectivity index (χ4v) is 12.1. The quantitative estimate of drug-likeness (QED) is 0.142.